The molecular formula is C22H40N4O4Si. The summed E-state index contributed by atoms with van der Waals surface area (Å²) in [5.41, 5.74) is -0.399. The Labute approximate surface area is 187 Å². The lowest BCUT2D eigenvalue weighted by Gasteiger charge is -2.36. The van der Waals surface area contributed by atoms with Crippen molar-refractivity contribution in [3.63, 3.8) is 0 Å². The predicted octanol–water partition coefficient (Wildman–Crippen LogP) is 1.47. The van der Waals surface area contributed by atoms with Crippen LogP contribution in [0.2, 0.25) is 18.1 Å². The monoisotopic (exact) mass is 452 g/mol. The fraction of sp³-hybridized carbons (Fsp3) is 0.864. The van der Waals surface area contributed by atoms with Gasteiger partial charge in [-0.05, 0) is 58.3 Å². The second-order valence-electron chi connectivity index (χ2n) is 11.7. The number of amides is 3. The molecule has 0 aliphatic carbocycles. The molecule has 0 bridgehead atoms. The third kappa shape index (κ3) is 4.98. The van der Waals surface area contributed by atoms with Crippen LogP contribution in [0.4, 0.5) is 0 Å². The smallest absolute Gasteiger partial charge is 0.242 e. The van der Waals surface area contributed by atoms with Gasteiger partial charge in [0.25, 0.3) is 0 Å². The van der Waals surface area contributed by atoms with Gasteiger partial charge in [0.15, 0.2) is 8.32 Å². The average Bonchev–Trinajstić information content (AvgIpc) is 3.07. The molecule has 4 atom stereocenters. The quantitative estimate of drug-likeness (QED) is 0.498. The molecule has 3 aliphatic heterocycles. The Morgan fingerprint density at radius 1 is 1.19 bits per heavy atom. The SMILES string of the molecule is CC(C)(C)NC(=O)[C@H]1[C@@H]2[C@@H](CO[Si](C)(C)C(C)(C)C)N2C(=O)CNC(=O)[C@@H]2CCCN21. The van der Waals surface area contributed by atoms with E-state index in [4.69, 9.17) is 4.43 Å². The van der Waals surface area contributed by atoms with E-state index >= 15 is 0 Å². The summed E-state index contributed by atoms with van der Waals surface area (Å²) < 4.78 is 6.44. The number of nitrogens with one attached hydrogen (secondary N) is 2. The second kappa shape index (κ2) is 8.15. The first kappa shape index (κ1) is 24.2. The molecule has 0 spiro atoms. The van der Waals surface area contributed by atoms with Gasteiger partial charge in [-0.3, -0.25) is 19.3 Å². The van der Waals surface area contributed by atoms with Crippen LogP contribution >= 0.6 is 0 Å². The fourth-order valence-electron chi connectivity index (χ4n) is 4.42. The van der Waals surface area contributed by atoms with E-state index in [1.165, 1.54) is 0 Å². The Morgan fingerprint density at radius 3 is 2.42 bits per heavy atom. The third-order valence-electron chi connectivity index (χ3n) is 7.15. The van der Waals surface area contributed by atoms with E-state index in [1.807, 2.05) is 25.7 Å². The van der Waals surface area contributed by atoms with Crippen molar-refractivity contribution in [1.82, 2.24) is 20.4 Å². The van der Waals surface area contributed by atoms with Gasteiger partial charge in [-0.2, -0.15) is 0 Å². The van der Waals surface area contributed by atoms with E-state index in [0.717, 1.165) is 6.42 Å². The van der Waals surface area contributed by atoms with Crippen molar-refractivity contribution in [1.29, 1.82) is 0 Å². The highest BCUT2D eigenvalue weighted by Crippen LogP contribution is 2.41. The summed E-state index contributed by atoms with van der Waals surface area (Å²) >= 11 is 0. The van der Waals surface area contributed by atoms with Crippen molar-refractivity contribution >= 4 is 26.0 Å². The first-order valence-electron chi connectivity index (χ1n) is 11.4. The number of hydrogen-bond donors (Lipinski definition) is 2. The van der Waals surface area contributed by atoms with E-state index in [-0.39, 0.29) is 47.4 Å². The molecule has 2 N–H and O–H groups in total. The summed E-state index contributed by atoms with van der Waals surface area (Å²) in [4.78, 5) is 42.8. The van der Waals surface area contributed by atoms with Crippen molar-refractivity contribution in [3.05, 3.63) is 0 Å². The number of nitrogens with zero attached hydrogens (tertiary/aromatic N) is 2. The van der Waals surface area contributed by atoms with Gasteiger partial charge in [-0.15, -0.1) is 0 Å². The molecule has 8 nitrogen and oxygen atoms in total. The van der Waals surface area contributed by atoms with Crippen LogP contribution in [0.15, 0.2) is 0 Å². The molecule has 3 rings (SSSR count). The summed E-state index contributed by atoms with van der Waals surface area (Å²) in [5.74, 6) is -0.417. The maximum atomic E-state index is 13.4. The van der Waals surface area contributed by atoms with Gasteiger partial charge in [-0.25, -0.2) is 0 Å². The number of carbonyl (C=O) groups is 3. The summed E-state index contributed by atoms with van der Waals surface area (Å²) in [6, 6.07) is -1.33. The van der Waals surface area contributed by atoms with Gasteiger partial charge in [0.05, 0.1) is 31.3 Å². The Hall–Kier alpha value is -1.45. The maximum Gasteiger partial charge on any atom is 0.242 e. The third-order valence-corrected chi connectivity index (χ3v) is 11.7. The predicted molar refractivity (Wildman–Crippen MR) is 122 cm³/mol. The minimum absolute atomic E-state index is 0.0239. The normalized spacial score (nSPS) is 30.0. The van der Waals surface area contributed by atoms with Gasteiger partial charge >= 0.3 is 0 Å². The van der Waals surface area contributed by atoms with Crippen LogP contribution in [0.1, 0.15) is 54.4 Å². The molecule has 0 unspecified atom stereocenters. The molecule has 3 heterocycles. The molecule has 3 saturated heterocycles. The highest BCUT2D eigenvalue weighted by Gasteiger charge is 2.61. The van der Waals surface area contributed by atoms with Crippen molar-refractivity contribution < 1.29 is 18.8 Å². The summed E-state index contributed by atoms with van der Waals surface area (Å²) in [5, 5.41) is 5.95. The number of fused-ring (bicyclic) bond motifs is 2. The van der Waals surface area contributed by atoms with Gasteiger partial charge in [-0.1, -0.05) is 20.8 Å². The van der Waals surface area contributed by atoms with Crippen LogP contribution in [-0.4, -0.2) is 85.2 Å². The molecule has 176 valence electrons. The van der Waals surface area contributed by atoms with Crippen molar-refractivity contribution in [2.45, 2.75) is 102 Å². The average molecular weight is 453 g/mol. The topological polar surface area (TPSA) is 90.7 Å². The van der Waals surface area contributed by atoms with Crippen molar-refractivity contribution in [2.75, 3.05) is 19.7 Å². The zero-order valence-electron chi connectivity index (χ0n) is 20.4. The lowest BCUT2D eigenvalue weighted by Crippen LogP contribution is -2.58. The van der Waals surface area contributed by atoms with Crippen LogP contribution in [0.5, 0.6) is 0 Å². The lowest BCUT2D eigenvalue weighted by atomic mass is 10.0. The van der Waals surface area contributed by atoms with Gasteiger partial charge in [0, 0.05) is 5.54 Å². The van der Waals surface area contributed by atoms with Crippen LogP contribution in [0.25, 0.3) is 0 Å². The molecule has 31 heavy (non-hydrogen) atoms. The molecule has 0 aromatic carbocycles. The Morgan fingerprint density at radius 2 is 1.84 bits per heavy atom. The molecular weight excluding hydrogens is 412 g/mol. The first-order chi connectivity index (χ1) is 14.1. The summed E-state index contributed by atoms with van der Waals surface area (Å²) in [6.07, 6.45) is 1.57. The molecule has 3 aliphatic rings. The summed E-state index contributed by atoms with van der Waals surface area (Å²) in [6.45, 7) is 17.9. The zero-order valence-corrected chi connectivity index (χ0v) is 21.4. The van der Waals surface area contributed by atoms with E-state index in [0.29, 0.717) is 19.6 Å². The lowest BCUT2D eigenvalue weighted by molar-refractivity contribution is -0.132. The van der Waals surface area contributed by atoms with Gasteiger partial charge in [0.2, 0.25) is 17.7 Å². The highest BCUT2D eigenvalue weighted by molar-refractivity contribution is 6.74. The number of carbonyl (C=O) groups excluding carboxylic acids is 3. The maximum absolute atomic E-state index is 13.4. The largest absolute Gasteiger partial charge is 0.415 e. The molecule has 0 radical (unpaired) electrons. The highest BCUT2D eigenvalue weighted by atomic mass is 28.4. The Bertz CT molecular complexity index is 743. The van der Waals surface area contributed by atoms with E-state index < -0.39 is 19.9 Å². The van der Waals surface area contributed by atoms with Crippen molar-refractivity contribution in [2.24, 2.45) is 0 Å². The van der Waals surface area contributed by atoms with Gasteiger partial charge in [0.1, 0.15) is 6.04 Å². The fourth-order valence-corrected chi connectivity index (χ4v) is 5.44. The van der Waals surface area contributed by atoms with Crippen LogP contribution < -0.4 is 10.6 Å². The van der Waals surface area contributed by atoms with E-state index in [9.17, 15) is 14.4 Å². The summed E-state index contributed by atoms with van der Waals surface area (Å²) in [7, 11) is -2.00. The van der Waals surface area contributed by atoms with Crippen LogP contribution in [0, 0.1) is 0 Å². The Kier molecular flexibility index (Phi) is 6.36. The molecule has 3 amide bonds. The molecule has 3 fully saturated rings. The van der Waals surface area contributed by atoms with Gasteiger partial charge < -0.3 is 20.0 Å². The Balaban J connectivity index is 1.89. The molecule has 0 saturated carbocycles. The minimum Gasteiger partial charge on any atom is -0.415 e. The van der Waals surface area contributed by atoms with Crippen LogP contribution in [-0.2, 0) is 18.8 Å². The minimum atomic E-state index is -2.00. The first-order valence-corrected chi connectivity index (χ1v) is 14.4. The van der Waals surface area contributed by atoms with E-state index in [2.05, 4.69) is 44.5 Å². The van der Waals surface area contributed by atoms with Crippen molar-refractivity contribution in [3.8, 4) is 0 Å². The zero-order chi connectivity index (χ0) is 23.4. The number of hydrogen-bond acceptors (Lipinski definition) is 5. The molecule has 9 heteroatoms. The van der Waals surface area contributed by atoms with Crippen LogP contribution in [0.3, 0.4) is 0 Å². The van der Waals surface area contributed by atoms with E-state index in [1.54, 1.807) is 4.90 Å². The molecule has 0 aromatic rings. The molecule has 0 aromatic heterocycles. The number of rotatable bonds is 4. The second-order valence-corrected chi connectivity index (χ2v) is 16.5. The standard InChI is InChI=1S/C22H40N4O4Si/c1-21(2,3)24-20(29)18-17-15(13-30-31(7,8)22(4,5)6)26(17)16(27)12-23-19(28)14-10-9-11-25(14)18/h14-15,17-18H,9-13H2,1-8H3,(H,23,28)(H,24,29)/t14-,15+,17-,18+,26?/m0/s1.